The van der Waals surface area contributed by atoms with Crippen LogP contribution >= 0.6 is 0 Å². The molecule has 2 aliphatic rings. The molecule has 1 amide bonds. The maximum atomic E-state index is 12.3. The van der Waals surface area contributed by atoms with E-state index in [2.05, 4.69) is 5.32 Å². The molecule has 2 saturated heterocycles. The highest BCUT2D eigenvalue weighted by atomic mass is 16.3. The average molecular weight is 234 g/mol. The van der Waals surface area contributed by atoms with Crippen molar-refractivity contribution in [2.45, 2.75) is 13.3 Å². The number of hydrogen-bond donors (Lipinski definition) is 1. The third-order valence-electron chi connectivity index (χ3n) is 4.02. The molecule has 0 radical (unpaired) electrons. The van der Waals surface area contributed by atoms with Crippen LogP contribution in [-0.4, -0.2) is 37.0 Å². The molecule has 2 unspecified atom stereocenters. The van der Waals surface area contributed by atoms with Gasteiger partial charge in [0.05, 0.1) is 6.26 Å². The molecule has 1 N–H and O–H groups in total. The normalized spacial score (nSPS) is 28.2. The van der Waals surface area contributed by atoms with Gasteiger partial charge in [-0.25, -0.2) is 0 Å². The molecular formula is C13H18N2O2. The molecule has 92 valence electrons. The number of nitrogens with zero attached hydrogens (tertiary/aromatic N) is 1. The number of aryl methyl sites for hydroxylation is 1. The predicted molar refractivity (Wildman–Crippen MR) is 63.8 cm³/mol. The second kappa shape index (κ2) is 4.18. The van der Waals surface area contributed by atoms with Crippen molar-refractivity contribution in [1.29, 1.82) is 0 Å². The van der Waals surface area contributed by atoms with Gasteiger partial charge in [-0.1, -0.05) is 0 Å². The number of amides is 1. The quantitative estimate of drug-likeness (QED) is 0.796. The van der Waals surface area contributed by atoms with E-state index in [-0.39, 0.29) is 5.91 Å². The number of fused-ring (bicyclic) bond motifs is 1. The summed E-state index contributed by atoms with van der Waals surface area (Å²) in [5.41, 5.74) is 0.933. The Morgan fingerprint density at radius 2 is 2.29 bits per heavy atom. The fourth-order valence-corrected chi connectivity index (χ4v) is 2.97. The highest BCUT2D eigenvalue weighted by Gasteiger charge is 2.37. The van der Waals surface area contributed by atoms with E-state index in [4.69, 9.17) is 4.42 Å². The fourth-order valence-electron chi connectivity index (χ4n) is 2.97. The van der Waals surface area contributed by atoms with Gasteiger partial charge in [-0.2, -0.15) is 0 Å². The number of rotatable bonds is 1. The minimum atomic E-state index is 0.0573. The van der Waals surface area contributed by atoms with Crippen molar-refractivity contribution in [3.63, 3.8) is 0 Å². The molecule has 0 aromatic carbocycles. The van der Waals surface area contributed by atoms with Crippen LogP contribution in [0.1, 0.15) is 22.5 Å². The SMILES string of the molecule is Cc1ccoc1C(=O)N1CC2CCNCC2C1. The van der Waals surface area contributed by atoms with Crippen LogP contribution in [0, 0.1) is 18.8 Å². The first-order valence-corrected chi connectivity index (χ1v) is 6.30. The number of piperidine rings is 1. The van der Waals surface area contributed by atoms with Gasteiger partial charge in [0.15, 0.2) is 5.76 Å². The number of carbonyl (C=O) groups is 1. The molecule has 17 heavy (non-hydrogen) atoms. The van der Waals surface area contributed by atoms with Crippen molar-refractivity contribution in [1.82, 2.24) is 10.2 Å². The summed E-state index contributed by atoms with van der Waals surface area (Å²) in [5, 5.41) is 3.40. The van der Waals surface area contributed by atoms with Crippen LogP contribution < -0.4 is 5.32 Å². The Balaban J connectivity index is 1.74. The average Bonchev–Trinajstić information content (AvgIpc) is 2.93. The molecule has 2 fully saturated rings. The second-order valence-corrected chi connectivity index (χ2v) is 5.16. The third kappa shape index (κ3) is 1.86. The zero-order chi connectivity index (χ0) is 11.8. The summed E-state index contributed by atoms with van der Waals surface area (Å²) in [7, 11) is 0. The standard InChI is InChI=1S/C13H18N2O2/c1-9-3-5-17-12(9)13(16)15-7-10-2-4-14-6-11(10)8-15/h3,5,10-11,14H,2,4,6-8H2,1H3. The molecule has 1 aromatic heterocycles. The molecule has 0 spiro atoms. The Kier molecular flexibility index (Phi) is 2.67. The van der Waals surface area contributed by atoms with E-state index in [9.17, 15) is 4.79 Å². The number of carbonyl (C=O) groups excluding carboxylic acids is 1. The van der Waals surface area contributed by atoms with Crippen molar-refractivity contribution in [3.8, 4) is 0 Å². The summed E-state index contributed by atoms with van der Waals surface area (Å²) < 4.78 is 5.29. The molecule has 1 aromatic rings. The maximum Gasteiger partial charge on any atom is 0.289 e. The first kappa shape index (κ1) is 10.8. The molecule has 4 nitrogen and oxygen atoms in total. The van der Waals surface area contributed by atoms with Crippen LogP contribution in [0.3, 0.4) is 0 Å². The van der Waals surface area contributed by atoms with Gasteiger partial charge in [-0.05, 0) is 44.3 Å². The Hall–Kier alpha value is -1.29. The van der Waals surface area contributed by atoms with Gasteiger partial charge in [-0.15, -0.1) is 0 Å². The Morgan fingerprint density at radius 3 is 3.00 bits per heavy atom. The van der Waals surface area contributed by atoms with Gasteiger partial charge in [0.2, 0.25) is 0 Å². The minimum absolute atomic E-state index is 0.0573. The molecular weight excluding hydrogens is 216 g/mol. The highest BCUT2D eigenvalue weighted by molar-refractivity contribution is 5.93. The molecule has 0 saturated carbocycles. The van der Waals surface area contributed by atoms with Crippen LogP contribution in [-0.2, 0) is 0 Å². The van der Waals surface area contributed by atoms with Crippen LogP contribution in [0.2, 0.25) is 0 Å². The minimum Gasteiger partial charge on any atom is -0.459 e. The Morgan fingerprint density at radius 1 is 1.47 bits per heavy atom. The summed E-state index contributed by atoms with van der Waals surface area (Å²) in [6.45, 7) is 5.82. The van der Waals surface area contributed by atoms with Gasteiger partial charge >= 0.3 is 0 Å². The van der Waals surface area contributed by atoms with E-state index in [0.29, 0.717) is 17.6 Å². The summed E-state index contributed by atoms with van der Waals surface area (Å²) in [6.07, 6.45) is 2.78. The van der Waals surface area contributed by atoms with E-state index < -0.39 is 0 Å². The first-order chi connectivity index (χ1) is 8.25. The number of likely N-dealkylation sites (tertiary alicyclic amines) is 1. The molecule has 2 atom stereocenters. The number of hydrogen-bond acceptors (Lipinski definition) is 3. The monoisotopic (exact) mass is 234 g/mol. The Bertz CT molecular complexity index is 413. The van der Waals surface area contributed by atoms with Crippen LogP contribution in [0.4, 0.5) is 0 Å². The van der Waals surface area contributed by atoms with Crippen molar-refractivity contribution >= 4 is 5.91 Å². The summed E-state index contributed by atoms with van der Waals surface area (Å²) in [5.74, 6) is 1.87. The summed E-state index contributed by atoms with van der Waals surface area (Å²) in [4.78, 5) is 14.2. The van der Waals surface area contributed by atoms with E-state index in [0.717, 1.165) is 31.7 Å². The molecule has 4 heteroatoms. The largest absolute Gasteiger partial charge is 0.459 e. The van der Waals surface area contributed by atoms with Crippen LogP contribution in [0.25, 0.3) is 0 Å². The van der Waals surface area contributed by atoms with Gasteiger partial charge in [0.25, 0.3) is 5.91 Å². The molecule has 2 aliphatic heterocycles. The summed E-state index contributed by atoms with van der Waals surface area (Å²) in [6, 6.07) is 1.85. The number of nitrogens with one attached hydrogen (secondary N) is 1. The lowest BCUT2D eigenvalue weighted by atomic mass is 9.90. The predicted octanol–water partition coefficient (Wildman–Crippen LogP) is 1.27. The topological polar surface area (TPSA) is 45.5 Å². The van der Waals surface area contributed by atoms with Crippen LogP contribution in [0.5, 0.6) is 0 Å². The zero-order valence-electron chi connectivity index (χ0n) is 10.1. The highest BCUT2D eigenvalue weighted by Crippen LogP contribution is 2.29. The smallest absolute Gasteiger partial charge is 0.289 e. The van der Waals surface area contributed by atoms with E-state index in [1.54, 1.807) is 6.26 Å². The van der Waals surface area contributed by atoms with Gasteiger partial charge in [0.1, 0.15) is 0 Å². The van der Waals surface area contributed by atoms with E-state index in [1.165, 1.54) is 6.42 Å². The zero-order valence-corrected chi connectivity index (χ0v) is 10.1. The lowest BCUT2D eigenvalue weighted by molar-refractivity contribution is 0.0752. The van der Waals surface area contributed by atoms with Crippen LogP contribution in [0.15, 0.2) is 16.7 Å². The number of furan rings is 1. The third-order valence-corrected chi connectivity index (χ3v) is 4.02. The van der Waals surface area contributed by atoms with Crippen molar-refractivity contribution in [2.75, 3.05) is 26.2 Å². The van der Waals surface area contributed by atoms with E-state index >= 15 is 0 Å². The molecule has 0 aliphatic carbocycles. The van der Waals surface area contributed by atoms with Crippen molar-refractivity contribution < 1.29 is 9.21 Å². The van der Waals surface area contributed by atoms with Crippen molar-refractivity contribution in [2.24, 2.45) is 11.8 Å². The molecule has 3 heterocycles. The van der Waals surface area contributed by atoms with Crippen molar-refractivity contribution in [3.05, 3.63) is 23.7 Å². The van der Waals surface area contributed by atoms with E-state index in [1.807, 2.05) is 17.9 Å². The summed E-state index contributed by atoms with van der Waals surface area (Å²) >= 11 is 0. The maximum absolute atomic E-state index is 12.3. The lowest BCUT2D eigenvalue weighted by Gasteiger charge is -2.23. The van der Waals surface area contributed by atoms with Gasteiger partial charge in [0, 0.05) is 18.7 Å². The fraction of sp³-hybridized carbons (Fsp3) is 0.615. The second-order valence-electron chi connectivity index (χ2n) is 5.16. The molecule has 3 rings (SSSR count). The Labute approximate surface area is 101 Å². The lowest BCUT2D eigenvalue weighted by Crippen LogP contribution is -2.35. The van der Waals surface area contributed by atoms with Gasteiger partial charge in [-0.3, -0.25) is 4.79 Å². The first-order valence-electron chi connectivity index (χ1n) is 6.30. The molecule has 0 bridgehead atoms. The van der Waals surface area contributed by atoms with Gasteiger partial charge < -0.3 is 14.6 Å².